The van der Waals surface area contributed by atoms with Crippen LogP contribution >= 0.6 is 0 Å². The Hall–Kier alpha value is -1.49. The molecule has 0 heterocycles. The lowest BCUT2D eigenvalue weighted by atomic mass is 9.87. The predicted molar refractivity (Wildman–Crippen MR) is 65.7 cm³/mol. The van der Waals surface area contributed by atoms with Gasteiger partial charge >= 0.3 is 0 Å². The largest absolute Gasteiger partial charge is 0.496 e. The summed E-state index contributed by atoms with van der Waals surface area (Å²) in [4.78, 5) is 0. The zero-order chi connectivity index (χ0) is 12.3. The van der Waals surface area contributed by atoms with Crippen LogP contribution in [0.5, 0.6) is 5.75 Å². The summed E-state index contributed by atoms with van der Waals surface area (Å²) in [5.41, 5.74) is 3.28. The molecule has 0 aliphatic carbocycles. The van der Waals surface area contributed by atoms with Crippen molar-refractivity contribution in [3.8, 4) is 11.8 Å². The molecule has 0 amide bonds. The Balaban J connectivity index is 3.36. The molecule has 0 N–H and O–H groups in total. The molecule has 2 heteroatoms. The van der Waals surface area contributed by atoms with E-state index in [2.05, 4.69) is 32.0 Å². The third-order valence-corrected chi connectivity index (χ3v) is 2.79. The molecule has 0 radical (unpaired) electrons. The fraction of sp³-hybridized carbons (Fsp3) is 0.500. The van der Waals surface area contributed by atoms with E-state index in [-0.39, 0.29) is 5.92 Å². The topological polar surface area (TPSA) is 33.0 Å². The van der Waals surface area contributed by atoms with Crippen molar-refractivity contribution >= 4 is 0 Å². The van der Waals surface area contributed by atoms with Crippen molar-refractivity contribution in [2.45, 2.75) is 33.6 Å². The highest BCUT2D eigenvalue weighted by molar-refractivity contribution is 5.47. The van der Waals surface area contributed by atoms with Gasteiger partial charge < -0.3 is 4.74 Å². The van der Waals surface area contributed by atoms with Crippen molar-refractivity contribution in [3.05, 3.63) is 28.8 Å². The maximum atomic E-state index is 9.25. The molecule has 0 bridgehead atoms. The first-order chi connectivity index (χ1) is 7.51. The molecule has 0 saturated carbocycles. The fourth-order valence-corrected chi connectivity index (χ4v) is 2.07. The molecule has 0 fully saturated rings. The van der Waals surface area contributed by atoms with Crippen molar-refractivity contribution in [1.82, 2.24) is 0 Å². The van der Waals surface area contributed by atoms with Crippen LogP contribution in [-0.2, 0) is 0 Å². The van der Waals surface area contributed by atoms with E-state index in [1.54, 1.807) is 7.11 Å². The first-order valence-corrected chi connectivity index (χ1v) is 5.56. The molecular formula is C14H19NO. The van der Waals surface area contributed by atoms with E-state index in [1.165, 1.54) is 5.56 Å². The second-order valence-electron chi connectivity index (χ2n) is 4.56. The van der Waals surface area contributed by atoms with Gasteiger partial charge in [0.1, 0.15) is 5.75 Å². The highest BCUT2D eigenvalue weighted by Crippen LogP contribution is 2.34. The Bertz CT molecular complexity index is 415. The Kier molecular flexibility index (Phi) is 3.95. The second-order valence-corrected chi connectivity index (χ2v) is 4.56. The number of nitriles is 1. The maximum Gasteiger partial charge on any atom is 0.126 e. The summed E-state index contributed by atoms with van der Waals surface area (Å²) in [6.45, 7) is 8.19. The Morgan fingerprint density at radius 2 is 1.88 bits per heavy atom. The molecule has 1 aromatic carbocycles. The van der Waals surface area contributed by atoms with Gasteiger partial charge in [-0.3, -0.25) is 0 Å². The third-order valence-electron chi connectivity index (χ3n) is 2.79. The van der Waals surface area contributed by atoms with Crippen molar-refractivity contribution < 1.29 is 4.74 Å². The summed E-state index contributed by atoms with van der Waals surface area (Å²) in [5, 5.41) is 9.25. The Labute approximate surface area is 97.9 Å². The molecule has 1 aromatic rings. The number of benzene rings is 1. The third kappa shape index (κ3) is 2.36. The van der Waals surface area contributed by atoms with Crippen molar-refractivity contribution in [2.75, 3.05) is 7.11 Å². The Morgan fingerprint density at radius 3 is 2.31 bits per heavy atom. The van der Waals surface area contributed by atoms with Crippen LogP contribution in [0.15, 0.2) is 12.1 Å². The first-order valence-electron chi connectivity index (χ1n) is 5.56. The summed E-state index contributed by atoms with van der Waals surface area (Å²) in [7, 11) is 1.66. The highest BCUT2D eigenvalue weighted by atomic mass is 16.5. The van der Waals surface area contributed by atoms with Crippen LogP contribution in [0, 0.1) is 31.1 Å². The van der Waals surface area contributed by atoms with Crippen LogP contribution in [0.3, 0.4) is 0 Å². The van der Waals surface area contributed by atoms with Gasteiger partial charge in [-0.2, -0.15) is 5.26 Å². The predicted octanol–water partition coefficient (Wildman–Crippen LogP) is 3.58. The van der Waals surface area contributed by atoms with E-state index in [0.717, 1.165) is 16.9 Å². The first kappa shape index (κ1) is 12.6. The van der Waals surface area contributed by atoms with Crippen LogP contribution in [0.1, 0.15) is 36.5 Å². The monoisotopic (exact) mass is 217 g/mol. The minimum absolute atomic E-state index is 0.103. The van der Waals surface area contributed by atoms with E-state index in [9.17, 15) is 5.26 Å². The SMILES string of the molecule is COc1c(C)cc(C)cc1C(C#N)C(C)C. The van der Waals surface area contributed by atoms with Gasteiger partial charge in [-0.25, -0.2) is 0 Å². The van der Waals surface area contributed by atoms with Gasteiger partial charge in [-0.1, -0.05) is 31.5 Å². The summed E-state index contributed by atoms with van der Waals surface area (Å²) in [6, 6.07) is 6.50. The highest BCUT2D eigenvalue weighted by Gasteiger charge is 2.20. The molecule has 0 aromatic heterocycles. The molecule has 0 aliphatic rings. The van der Waals surface area contributed by atoms with E-state index < -0.39 is 0 Å². The molecule has 0 aliphatic heterocycles. The van der Waals surface area contributed by atoms with Crippen molar-refractivity contribution in [1.29, 1.82) is 5.26 Å². The van der Waals surface area contributed by atoms with E-state index in [4.69, 9.17) is 4.74 Å². The summed E-state index contributed by atoms with van der Waals surface area (Å²) in [6.07, 6.45) is 0. The number of aryl methyl sites for hydroxylation is 2. The average molecular weight is 217 g/mol. The minimum atomic E-state index is -0.103. The smallest absolute Gasteiger partial charge is 0.126 e. The lowest BCUT2D eigenvalue weighted by molar-refractivity contribution is 0.400. The zero-order valence-electron chi connectivity index (χ0n) is 10.7. The van der Waals surface area contributed by atoms with Gasteiger partial charge in [0.2, 0.25) is 0 Å². The second kappa shape index (κ2) is 5.03. The van der Waals surface area contributed by atoms with E-state index in [1.807, 2.05) is 13.8 Å². The number of rotatable bonds is 3. The standard InChI is InChI=1S/C14H19NO/c1-9(2)13(8-15)12-7-10(3)6-11(4)14(12)16-5/h6-7,9,13H,1-5H3. The molecular weight excluding hydrogens is 198 g/mol. The summed E-state index contributed by atoms with van der Waals surface area (Å²) in [5.74, 6) is 1.04. The van der Waals surface area contributed by atoms with Crippen molar-refractivity contribution in [3.63, 3.8) is 0 Å². The number of nitrogens with zero attached hydrogens (tertiary/aromatic N) is 1. The average Bonchev–Trinajstić information content (AvgIpc) is 2.17. The number of methoxy groups -OCH3 is 1. The molecule has 86 valence electrons. The van der Waals surface area contributed by atoms with Gasteiger partial charge in [0.05, 0.1) is 19.1 Å². The molecule has 0 spiro atoms. The van der Waals surface area contributed by atoms with Crippen LogP contribution in [0.4, 0.5) is 0 Å². The number of ether oxygens (including phenoxy) is 1. The summed E-state index contributed by atoms with van der Waals surface area (Å²) < 4.78 is 5.41. The summed E-state index contributed by atoms with van der Waals surface area (Å²) >= 11 is 0. The molecule has 2 nitrogen and oxygen atoms in total. The van der Waals surface area contributed by atoms with Gasteiger partial charge in [-0.05, 0) is 25.3 Å². The van der Waals surface area contributed by atoms with Crippen LogP contribution < -0.4 is 4.74 Å². The van der Waals surface area contributed by atoms with Gasteiger partial charge in [-0.15, -0.1) is 0 Å². The lowest BCUT2D eigenvalue weighted by Gasteiger charge is -2.19. The van der Waals surface area contributed by atoms with Gasteiger partial charge in [0.15, 0.2) is 0 Å². The van der Waals surface area contributed by atoms with Gasteiger partial charge in [0, 0.05) is 5.56 Å². The molecule has 0 saturated heterocycles. The maximum absolute atomic E-state index is 9.25. The fourth-order valence-electron chi connectivity index (χ4n) is 2.07. The normalized spacial score (nSPS) is 12.3. The van der Waals surface area contributed by atoms with E-state index in [0.29, 0.717) is 5.92 Å². The van der Waals surface area contributed by atoms with Gasteiger partial charge in [0.25, 0.3) is 0 Å². The van der Waals surface area contributed by atoms with Crippen LogP contribution in [0.2, 0.25) is 0 Å². The Morgan fingerprint density at radius 1 is 1.25 bits per heavy atom. The number of hydrogen-bond acceptors (Lipinski definition) is 2. The lowest BCUT2D eigenvalue weighted by Crippen LogP contribution is -2.07. The molecule has 1 atom stereocenters. The quantitative estimate of drug-likeness (QED) is 0.775. The van der Waals surface area contributed by atoms with Crippen LogP contribution in [0.25, 0.3) is 0 Å². The zero-order valence-corrected chi connectivity index (χ0v) is 10.7. The molecule has 16 heavy (non-hydrogen) atoms. The molecule has 1 rings (SSSR count). The molecule has 1 unspecified atom stereocenters. The minimum Gasteiger partial charge on any atom is -0.496 e. The van der Waals surface area contributed by atoms with E-state index >= 15 is 0 Å². The van der Waals surface area contributed by atoms with Crippen molar-refractivity contribution in [2.24, 2.45) is 5.92 Å². The number of hydrogen-bond donors (Lipinski definition) is 0. The van der Waals surface area contributed by atoms with Crippen LogP contribution in [-0.4, -0.2) is 7.11 Å².